The average Bonchev–Trinajstić information content (AvgIpc) is 2.96. The Morgan fingerprint density at radius 1 is 0.750 bits per heavy atom. The molecule has 0 saturated carbocycles. The molecule has 2 heteroatoms. The van der Waals surface area contributed by atoms with Gasteiger partial charge in [0.25, 0.3) is 0 Å². The van der Waals surface area contributed by atoms with Crippen molar-refractivity contribution in [2.24, 2.45) is 0 Å². The van der Waals surface area contributed by atoms with Gasteiger partial charge in [-0.15, -0.1) is 0 Å². The first kappa shape index (κ1) is 17.1. The molecule has 28 heavy (non-hydrogen) atoms. The number of fused-ring (bicyclic) bond motifs is 5. The van der Waals surface area contributed by atoms with Crippen molar-refractivity contribution in [3.05, 3.63) is 83.7 Å². The summed E-state index contributed by atoms with van der Waals surface area (Å²) in [4.78, 5) is 9.47. The molecular formula is C26H24N2. The quantitative estimate of drug-likeness (QED) is 0.394. The van der Waals surface area contributed by atoms with Gasteiger partial charge in [-0.1, -0.05) is 88.4 Å². The number of hydrogen-bond acceptors (Lipinski definition) is 2. The molecule has 0 bridgehead atoms. The lowest BCUT2D eigenvalue weighted by Gasteiger charge is -2.24. The maximum absolute atomic E-state index is 4.74. The van der Waals surface area contributed by atoms with Gasteiger partial charge in [0.2, 0.25) is 0 Å². The third-order valence-corrected chi connectivity index (χ3v) is 6.13. The Kier molecular flexibility index (Phi) is 3.67. The van der Waals surface area contributed by atoms with Crippen LogP contribution in [0.2, 0.25) is 0 Å². The lowest BCUT2D eigenvalue weighted by Crippen LogP contribution is -2.17. The van der Waals surface area contributed by atoms with Crippen LogP contribution < -0.4 is 0 Å². The lowest BCUT2D eigenvalue weighted by molar-refractivity contribution is 0.663. The molecular weight excluding hydrogens is 340 g/mol. The van der Waals surface area contributed by atoms with Gasteiger partial charge in [0.1, 0.15) is 6.33 Å². The minimum Gasteiger partial charge on any atom is -0.236 e. The number of rotatable bonds is 2. The Balaban J connectivity index is 1.77. The topological polar surface area (TPSA) is 25.8 Å². The van der Waals surface area contributed by atoms with E-state index >= 15 is 0 Å². The Hall–Kier alpha value is -3.00. The molecule has 1 heterocycles. The molecule has 0 radical (unpaired) electrons. The Labute approximate surface area is 166 Å². The normalized spacial score (nSPS) is 14.3. The number of benzene rings is 3. The van der Waals surface area contributed by atoms with Crippen molar-refractivity contribution in [1.82, 2.24) is 9.97 Å². The third-order valence-electron chi connectivity index (χ3n) is 6.13. The van der Waals surface area contributed by atoms with E-state index in [-0.39, 0.29) is 5.41 Å². The molecule has 2 nitrogen and oxygen atoms in total. The summed E-state index contributed by atoms with van der Waals surface area (Å²) in [5.74, 6) is 0.525. The van der Waals surface area contributed by atoms with Crippen molar-refractivity contribution in [2.45, 2.75) is 39.0 Å². The summed E-state index contributed by atoms with van der Waals surface area (Å²) in [6.07, 6.45) is 1.71. The van der Waals surface area contributed by atoms with Crippen LogP contribution in [0.4, 0.5) is 0 Å². The van der Waals surface area contributed by atoms with E-state index in [1.54, 1.807) is 6.33 Å². The molecule has 3 aromatic carbocycles. The van der Waals surface area contributed by atoms with Crippen molar-refractivity contribution >= 4 is 10.8 Å². The summed E-state index contributed by atoms with van der Waals surface area (Å²) in [5.41, 5.74) is 8.31. The Morgan fingerprint density at radius 3 is 2.21 bits per heavy atom. The largest absolute Gasteiger partial charge is 0.236 e. The van der Waals surface area contributed by atoms with Crippen LogP contribution in [0.25, 0.3) is 33.3 Å². The van der Waals surface area contributed by atoms with Crippen molar-refractivity contribution < 1.29 is 0 Å². The highest BCUT2D eigenvalue weighted by atomic mass is 14.9. The summed E-state index contributed by atoms with van der Waals surface area (Å²) < 4.78 is 0. The second-order valence-electron chi connectivity index (χ2n) is 8.56. The number of nitrogens with zero attached hydrogens (tertiary/aromatic N) is 2. The van der Waals surface area contributed by atoms with E-state index < -0.39 is 0 Å². The lowest BCUT2D eigenvalue weighted by atomic mass is 9.79. The van der Waals surface area contributed by atoms with Gasteiger partial charge in [0.05, 0.1) is 11.4 Å². The van der Waals surface area contributed by atoms with Gasteiger partial charge in [-0.2, -0.15) is 0 Å². The van der Waals surface area contributed by atoms with E-state index in [1.165, 1.54) is 33.0 Å². The predicted molar refractivity (Wildman–Crippen MR) is 117 cm³/mol. The monoisotopic (exact) mass is 364 g/mol. The summed E-state index contributed by atoms with van der Waals surface area (Å²) in [6, 6.07) is 21.9. The van der Waals surface area contributed by atoms with E-state index in [4.69, 9.17) is 9.97 Å². The van der Waals surface area contributed by atoms with E-state index in [1.807, 2.05) is 0 Å². The summed E-state index contributed by atoms with van der Waals surface area (Å²) in [7, 11) is 0. The number of hydrogen-bond donors (Lipinski definition) is 0. The Morgan fingerprint density at radius 2 is 1.46 bits per heavy atom. The van der Waals surface area contributed by atoms with Gasteiger partial charge in [-0.05, 0) is 27.8 Å². The Bertz CT molecular complexity index is 1200. The van der Waals surface area contributed by atoms with Gasteiger partial charge in [-0.25, -0.2) is 9.97 Å². The highest BCUT2D eigenvalue weighted by molar-refractivity contribution is 5.98. The van der Waals surface area contributed by atoms with Crippen LogP contribution in [-0.4, -0.2) is 9.97 Å². The van der Waals surface area contributed by atoms with Crippen molar-refractivity contribution in [2.75, 3.05) is 0 Å². The van der Waals surface area contributed by atoms with Crippen LogP contribution >= 0.6 is 0 Å². The first-order valence-corrected chi connectivity index (χ1v) is 9.97. The molecule has 0 atom stereocenters. The first-order valence-electron chi connectivity index (χ1n) is 9.97. The molecule has 1 aliphatic carbocycles. The van der Waals surface area contributed by atoms with Crippen LogP contribution in [0.3, 0.4) is 0 Å². The molecule has 0 spiro atoms. The fourth-order valence-electron chi connectivity index (χ4n) is 4.69. The zero-order valence-corrected chi connectivity index (χ0v) is 16.8. The van der Waals surface area contributed by atoms with Crippen molar-refractivity contribution in [3.63, 3.8) is 0 Å². The van der Waals surface area contributed by atoms with Crippen LogP contribution in [0.5, 0.6) is 0 Å². The van der Waals surface area contributed by atoms with Gasteiger partial charge in [-0.3, -0.25) is 0 Å². The molecule has 1 aliphatic rings. The summed E-state index contributed by atoms with van der Waals surface area (Å²) in [5, 5.41) is 2.59. The summed E-state index contributed by atoms with van der Waals surface area (Å²) in [6.45, 7) is 9.06. The highest BCUT2D eigenvalue weighted by Crippen LogP contribution is 2.52. The standard InChI is InChI=1S/C26H24N2/c1-16(2)17-9-11-19(12-10-17)24-23-25(28-15-27-24)21-14-13-18-7-5-6-8-20(18)22(21)26(23,3)4/h5-16H,1-4H3. The van der Waals surface area contributed by atoms with E-state index in [2.05, 4.69) is 88.4 Å². The molecule has 5 rings (SSSR count). The SMILES string of the molecule is CC(C)c1ccc(-c2ncnc3c2C(C)(C)c2c-3ccc3ccccc23)cc1. The average molecular weight is 364 g/mol. The molecule has 138 valence electrons. The van der Waals surface area contributed by atoms with Gasteiger partial charge in [0, 0.05) is 22.1 Å². The molecule has 0 fully saturated rings. The predicted octanol–water partition coefficient (Wildman–Crippen LogP) is 6.73. The molecule has 0 N–H and O–H groups in total. The van der Waals surface area contributed by atoms with Crippen molar-refractivity contribution in [3.8, 4) is 22.5 Å². The second-order valence-corrected chi connectivity index (χ2v) is 8.56. The van der Waals surface area contributed by atoms with Crippen LogP contribution in [0, 0.1) is 0 Å². The first-order chi connectivity index (χ1) is 13.5. The zero-order valence-electron chi connectivity index (χ0n) is 16.8. The van der Waals surface area contributed by atoms with Gasteiger partial charge >= 0.3 is 0 Å². The minimum atomic E-state index is -0.154. The van der Waals surface area contributed by atoms with Gasteiger partial charge < -0.3 is 0 Å². The van der Waals surface area contributed by atoms with Crippen LogP contribution in [0.15, 0.2) is 67.0 Å². The number of aromatic nitrogens is 2. The maximum atomic E-state index is 4.74. The van der Waals surface area contributed by atoms with E-state index in [0.717, 1.165) is 17.0 Å². The summed E-state index contributed by atoms with van der Waals surface area (Å²) >= 11 is 0. The maximum Gasteiger partial charge on any atom is 0.116 e. The molecule has 0 aliphatic heterocycles. The van der Waals surface area contributed by atoms with Crippen LogP contribution in [-0.2, 0) is 5.41 Å². The molecule has 0 saturated heterocycles. The fourth-order valence-corrected chi connectivity index (χ4v) is 4.69. The third kappa shape index (κ3) is 2.34. The van der Waals surface area contributed by atoms with Gasteiger partial charge in [0.15, 0.2) is 0 Å². The smallest absolute Gasteiger partial charge is 0.116 e. The minimum absolute atomic E-state index is 0.154. The van der Waals surface area contributed by atoms with E-state index in [0.29, 0.717) is 5.92 Å². The fraction of sp³-hybridized carbons (Fsp3) is 0.231. The highest BCUT2D eigenvalue weighted by Gasteiger charge is 2.40. The molecule has 4 aromatic rings. The molecule has 0 unspecified atom stereocenters. The molecule has 1 aromatic heterocycles. The van der Waals surface area contributed by atoms with E-state index in [9.17, 15) is 0 Å². The van der Waals surface area contributed by atoms with Crippen LogP contribution in [0.1, 0.15) is 50.3 Å². The molecule has 0 amide bonds. The van der Waals surface area contributed by atoms with Crippen molar-refractivity contribution in [1.29, 1.82) is 0 Å². The zero-order chi connectivity index (χ0) is 19.5. The second kappa shape index (κ2) is 6.00.